The summed E-state index contributed by atoms with van der Waals surface area (Å²) in [5.41, 5.74) is -0.310. The number of nitrogens with one attached hydrogen (secondary N) is 1. The van der Waals surface area contributed by atoms with Crippen LogP contribution in [0, 0.1) is 5.92 Å². The van der Waals surface area contributed by atoms with Gasteiger partial charge in [0.1, 0.15) is 0 Å². The Labute approximate surface area is 105 Å². The smallest absolute Gasteiger partial charge is 0.243 e. The van der Waals surface area contributed by atoms with Crippen LogP contribution in [0.3, 0.4) is 0 Å². The molecule has 0 aromatic rings. The summed E-state index contributed by atoms with van der Waals surface area (Å²) in [6.07, 6.45) is 7.21. The van der Waals surface area contributed by atoms with Crippen molar-refractivity contribution in [2.24, 2.45) is 5.92 Å². The average Bonchev–Trinajstić information content (AvgIpc) is 2.67. The summed E-state index contributed by atoms with van der Waals surface area (Å²) in [6.45, 7) is 7.14. The van der Waals surface area contributed by atoms with E-state index in [4.69, 9.17) is 0 Å². The summed E-state index contributed by atoms with van der Waals surface area (Å²) < 4.78 is 0. The number of hydrogen-bond donors (Lipinski definition) is 1. The van der Waals surface area contributed by atoms with Crippen molar-refractivity contribution in [2.75, 3.05) is 6.67 Å². The number of carbonyl (C=O) groups excluding carboxylic acids is 1. The van der Waals surface area contributed by atoms with Crippen LogP contribution in [0.1, 0.15) is 59.3 Å². The van der Waals surface area contributed by atoms with E-state index in [2.05, 4.69) is 24.1 Å². The van der Waals surface area contributed by atoms with Gasteiger partial charge in [-0.3, -0.25) is 10.1 Å². The number of amides is 1. The Morgan fingerprint density at radius 1 is 1.35 bits per heavy atom. The van der Waals surface area contributed by atoms with E-state index in [1.165, 1.54) is 32.1 Å². The molecule has 0 aromatic carbocycles. The number of hydrogen-bond acceptors (Lipinski definition) is 2. The summed E-state index contributed by atoms with van der Waals surface area (Å²) in [7, 11) is 0. The van der Waals surface area contributed by atoms with Crippen LogP contribution in [-0.4, -0.2) is 29.1 Å². The maximum atomic E-state index is 12.5. The van der Waals surface area contributed by atoms with Crippen LogP contribution in [0.4, 0.5) is 0 Å². The highest BCUT2D eigenvalue weighted by Gasteiger charge is 2.45. The fourth-order valence-corrected chi connectivity index (χ4v) is 3.34. The van der Waals surface area contributed by atoms with Crippen molar-refractivity contribution in [1.82, 2.24) is 10.2 Å². The first-order chi connectivity index (χ1) is 8.12. The van der Waals surface area contributed by atoms with E-state index >= 15 is 0 Å². The van der Waals surface area contributed by atoms with Crippen LogP contribution in [0.25, 0.3) is 0 Å². The highest BCUT2D eigenvalue weighted by atomic mass is 16.2. The van der Waals surface area contributed by atoms with Gasteiger partial charge in [0.05, 0.1) is 12.2 Å². The lowest BCUT2D eigenvalue weighted by Crippen LogP contribution is -2.47. The van der Waals surface area contributed by atoms with Gasteiger partial charge in [0.15, 0.2) is 0 Å². The zero-order chi connectivity index (χ0) is 12.5. The monoisotopic (exact) mass is 238 g/mol. The quantitative estimate of drug-likeness (QED) is 0.819. The molecule has 1 aliphatic carbocycles. The van der Waals surface area contributed by atoms with Crippen molar-refractivity contribution in [3.63, 3.8) is 0 Å². The molecule has 2 fully saturated rings. The van der Waals surface area contributed by atoms with Crippen molar-refractivity contribution in [3.05, 3.63) is 0 Å². The van der Waals surface area contributed by atoms with Gasteiger partial charge in [0.2, 0.25) is 5.91 Å². The predicted octanol–water partition coefficient (Wildman–Crippen LogP) is 2.51. The van der Waals surface area contributed by atoms with Crippen LogP contribution >= 0.6 is 0 Å². The minimum atomic E-state index is -0.310. The molecule has 0 radical (unpaired) electrons. The molecular weight excluding hydrogens is 212 g/mol. The molecule has 1 saturated heterocycles. The molecule has 1 heterocycles. The lowest BCUT2D eigenvalue weighted by atomic mass is 9.81. The lowest BCUT2D eigenvalue weighted by molar-refractivity contribution is -0.135. The van der Waals surface area contributed by atoms with E-state index < -0.39 is 0 Å². The SMILES string of the molecule is CCC1CCCCC1N1CNC(C)(CC)C1=O. The highest BCUT2D eigenvalue weighted by molar-refractivity contribution is 5.88. The van der Waals surface area contributed by atoms with Crippen molar-refractivity contribution in [1.29, 1.82) is 0 Å². The van der Waals surface area contributed by atoms with Crippen molar-refractivity contribution >= 4 is 5.91 Å². The molecule has 3 unspecified atom stereocenters. The second-order valence-corrected chi connectivity index (χ2v) is 5.82. The van der Waals surface area contributed by atoms with Crippen LogP contribution in [0.15, 0.2) is 0 Å². The van der Waals surface area contributed by atoms with Crippen LogP contribution in [0.2, 0.25) is 0 Å². The molecule has 1 saturated carbocycles. The Morgan fingerprint density at radius 3 is 2.65 bits per heavy atom. The Morgan fingerprint density at radius 2 is 2.06 bits per heavy atom. The molecule has 3 heteroatoms. The van der Waals surface area contributed by atoms with Gasteiger partial charge in [-0.15, -0.1) is 0 Å². The molecule has 98 valence electrons. The Kier molecular flexibility index (Phi) is 3.76. The van der Waals surface area contributed by atoms with Gasteiger partial charge >= 0.3 is 0 Å². The molecule has 3 nitrogen and oxygen atoms in total. The third-order valence-corrected chi connectivity index (χ3v) is 4.87. The zero-order valence-corrected chi connectivity index (χ0v) is 11.5. The third-order valence-electron chi connectivity index (χ3n) is 4.87. The minimum Gasteiger partial charge on any atom is -0.325 e. The van der Waals surface area contributed by atoms with Crippen LogP contribution in [0.5, 0.6) is 0 Å². The molecular formula is C14H26N2O. The van der Waals surface area contributed by atoms with Crippen molar-refractivity contribution in [3.8, 4) is 0 Å². The second-order valence-electron chi connectivity index (χ2n) is 5.82. The summed E-state index contributed by atoms with van der Waals surface area (Å²) in [6, 6.07) is 0.488. The molecule has 1 aliphatic heterocycles. The summed E-state index contributed by atoms with van der Waals surface area (Å²) >= 11 is 0. The van der Waals surface area contributed by atoms with Gasteiger partial charge in [-0.25, -0.2) is 0 Å². The molecule has 0 bridgehead atoms. The topological polar surface area (TPSA) is 32.3 Å². The van der Waals surface area contributed by atoms with E-state index in [1.807, 2.05) is 6.92 Å². The van der Waals surface area contributed by atoms with E-state index in [1.54, 1.807) is 0 Å². The van der Waals surface area contributed by atoms with Gasteiger partial charge in [-0.05, 0) is 32.1 Å². The molecule has 0 spiro atoms. The predicted molar refractivity (Wildman–Crippen MR) is 69.6 cm³/mol. The maximum absolute atomic E-state index is 12.5. The summed E-state index contributed by atoms with van der Waals surface area (Å²) in [5.74, 6) is 1.04. The molecule has 17 heavy (non-hydrogen) atoms. The van der Waals surface area contributed by atoms with Gasteiger partial charge in [0, 0.05) is 6.04 Å². The summed E-state index contributed by atoms with van der Waals surface area (Å²) in [5, 5.41) is 3.40. The van der Waals surface area contributed by atoms with Gasteiger partial charge < -0.3 is 4.90 Å². The standard InChI is InChI=1S/C14H26N2O/c1-4-11-8-6-7-9-12(11)16-10-15-14(3,5-2)13(16)17/h11-12,15H,4-10H2,1-3H3. The Bertz CT molecular complexity index is 292. The van der Waals surface area contributed by atoms with Crippen LogP contribution < -0.4 is 5.32 Å². The molecule has 0 aromatic heterocycles. The highest BCUT2D eigenvalue weighted by Crippen LogP contribution is 2.33. The second kappa shape index (κ2) is 4.97. The van der Waals surface area contributed by atoms with Crippen molar-refractivity contribution < 1.29 is 4.79 Å². The summed E-state index contributed by atoms with van der Waals surface area (Å²) in [4.78, 5) is 14.6. The van der Waals surface area contributed by atoms with Gasteiger partial charge in [-0.1, -0.05) is 33.1 Å². The zero-order valence-electron chi connectivity index (χ0n) is 11.5. The fourth-order valence-electron chi connectivity index (χ4n) is 3.34. The van der Waals surface area contributed by atoms with Crippen LogP contribution in [-0.2, 0) is 4.79 Å². The van der Waals surface area contributed by atoms with Gasteiger partial charge in [0.25, 0.3) is 0 Å². The third kappa shape index (κ3) is 2.22. The number of nitrogens with zero attached hydrogens (tertiary/aromatic N) is 1. The van der Waals surface area contributed by atoms with E-state index in [0.29, 0.717) is 17.9 Å². The van der Waals surface area contributed by atoms with Gasteiger partial charge in [-0.2, -0.15) is 0 Å². The number of carbonyl (C=O) groups is 1. The van der Waals surface area contributed by atoms with Crippen molar-refractivity contribution in [2.45, 2.75) is 70.9 Å². The molecule has 1 N–H and O–H groups in total. The van der Waals surface area contributed by atoms with E-state index in [-0.39, 0.29) is 5.54 Å². The maximum Gasteiger partial charge on any atom is 0.243 e. The van der Waals surface area contributed by atoms with E-state index in [0.717, 1.165) is 13.1 Å². The first-order valence-corrected chi connectivity index (χ1v) is 7.18. The Balaban J connectivity index is 2.10. The molecule has 3 atom stereocenters. The normalized spacial score (nSPS) is 38.8. The van der Waals surface area contributed by atoms with E-state index in [9.17, 15) is 4.79 Å². The first kappa shape index (κ1) is 12.9. The molecule has 2 aliphatic rings. The fraction of sp³-hybridized carbons (Fsp3) is 0.929. The molecule has 1 amide bonds. The first-order valence-electron chi connectivity index (χ1n) is 7.18. The molecule has 2 rings (SSSR count). The lowest BCUT2D eigenvalue weighted by Gasteiger charge is -2.37. The number of rotatable bonds is 3. The minimum absolute atomic E-state index is 0.310. The largest absolute Gasteiger partial charge is 0.325 e. The average molecular weight is 238 g/mol. The Hall–Kier alpha value is -0.570.